The van der Waals surface area contributed by atoms with Gasteiger partial charge in [0.25, 0.3) is 5.91 Å². The smallest absolute Gasteiger partial charge is 0.261 e. The van der Waals surface area contributed by atoms with Crippen molar-refractivity contribution >= 4 is 11.7 Å². The molecule has 6 nitrogen and oxygen atoms in total. The number of ketones is 1. The predicted molar refractivity (Wildman–Crippen MR) is 114 cm³/mol. The minimum absolute atomic E-state index is 0.162. The fourth-order valence-corrected chi connectivity index (χ4v) is 3.16. The Morgan fingerprint density at radius 1 is 1.00 bits per heavy atom. The molecule has 156 valence electrons. The number of aliphatic hydroxyl groups is 1. The molecule has 0 bridgehead atoms. The standard InChI is InChI=1S/C23H31N3O3/c1-3-16(2)20(25)21(27)23(29,19(24)14-17-10-6-4-7-11-17)22(28)26-15-18-12-8-5-9-13-18/h4-13,16,19-20,29H,3,14-15,24-25H2,1-2H3,(H,26,28)/t16-,19-,20-,23+/m0/s1. The van der Waals surface area contributed by atoms with E-state index >= 15 is 0 Å². The predicted octanol–water partition coefficient (Wildman–Crippen LogP) is 1.55. The lowest BCUT2D eigenvalue weighted by Crippen LogP contribution is -2.67. The van der Waals surface area contributed by atoms with Gasteiger partial charge in [0.1, 0.15) is 0 Å². The number of benzene rings is 2. The van der Waals surface area contributed by atoms with Gasteiger partial charge >= 0.3 is 0 Å². The Labute approximate surface area is 172 Å². The van der Waals surface area contributed by atoms with Gasteiger partial charge in [0.2, 0.25) is 5.60 Å². The quantitative estimate of drug-likeness (QED) is 0.454. The number of rotatable bonds is 10. The lowest BCUT2D eigenvalue weighted by Gasteiger charge is -2.34. The third kappa shape index (κ3) is 5.50. The van der Waals surface area contributed by atoms with Crippen LogP contribution in [0.15, 0.2) is 60.7 Å². The van der Waals surface area contributed by atoms with Crippen LogP contribution >= 0.6 is 0 Å². The van der Waals surface area contributed by atoms with Crippen LogP contribution in [0.4, 0.5) is 0 Å². The SMILES string of the molecule is CC[C@H](C)[C@H](N)C(=O)[C@@](O)(C(=O)NCc1ccccc1)[C@@H](N)Cc1ccccc1. The monoisotopic (exact) mass is 397 g/mol. The Balaban J connectivity index is 2.27. The molecule has 2 aromatic carbocycles. The molecule has 0 aromatic heterocycles. The first-order valence-electron chi connectivity index (χ1n) is 9.94. The molecular weight excluding hydrogens is 366 g/mol. The second-order valence-electron chi connectivity index (χ2n) is 7.51. The van der Waals surface area contributed by atoms with Gasteiger partial charge in [-0.15, -0.1) is 0 Å². The Hall–Kier alpha value is -2.54. The normalized spacial score (nSPS) is 16.3. The maximum Gasteiger partial charge on any atom is 0.261 e. The van der Waals surface area contributed by atoms with Crippen molar-refractivity contribution in [2.45, 2.75) is 50.9 Å². The highest BCUT2D eigenvalue weighted by molar-refractivity contribution is 6.12. The molecule has 6 N–H and O–H groups in total. The number of nitrogens with one attached hydrogen (secondary N) is 1. The van der Waals surface area contributed by atoms with Crippen molar-refractivity contribution in [2.24, 2.45) is 17.4 Å². The summed E-state index contributed by atoms with van der Waals surface area (Å²) in [5, 5.41) is 14.0. The van der Waals surface area contributed by atoms with Crippen molar-refractivity contribution in [3.63, 3.8) is 0 Å². The summed E-state index contributed by atoms with van der Waals surface area (Å²) in [6, 6.07) is 16.3. The molecule has 0 aliphatic carbocycles. The first-order valence-corrected chi connectivity index (χ1v) is 9.94. The zero-order valence-electron chi connectivity index (χ0n) is 17.0. The fraction of sp³-hybridized carbons (Fsp3) is 0.391. The summed E-state index contributed by atoms with van der Waals surface area (Å²) in [5.41, 5.74) is 11.6. The van der Waals surface area contributed by atoms with E-state index in [1.54, 1.807) is 0 Å². The van der Waals surface area contributed by atoms with Crippen LogP contribution in [0.2, 0.25) is 0 Å². The van der Waals surface area contributed by atoms with Crippen molar-refractivity contribution in [3.8, 4) is 0 Å². The summed E-state index contributed by atoms with van der Waals surface area (Å²) in [5.74, 6) is -1.77. The lowest BCUT2D eigenvalue weighted by molar-refractivity contribution is -0.156. The molecular formula is C23H31N3O3. The van der Waals surface area contributed by atoms with Crippen LogP contribution in [-0.4, -0.2) is 34.5 Å². The van der Waals surface area contributed by atoms with Crippen LogP contribution < -0.4 is 16.8 Å². The highest BCUT2D eigenvalue weighted by atomic mass is 16.3. The van der Waals surface area contributed by atoms with Crippen molar-refractivity contribution in [1.82, 2.24) is 5.32 Å². The van der Waals surface area contributed by atoms with Crippen LogP contribution in [0.3, 0.4) is 0 Å². The topological polar surface area (TPSA) is 118 Å². The van der Waals surface area contributed by atoms with E-state index < -0.39 is 29.4 Å². The molecule has 0 unspecified atom stereocenters. The Morgan fingerprint density at radius 2 is 1.52 bits per heavy atom. The zero-order valence-corrected chi connectivity index (χ0v) is 17.0. The van der Waals surface area contributed by atoms with E-state index in [4.69, 9.17) is 11.5 Å². The van der Waals surface area contributed by atoms with Crippen molar-refractivity contribution in [3.05, 3.63) is 71.8 Å². The Bertz CT molecular complexity index is 798. The highest BCUT2D eigenvalue weighted by Gasteiger charge is 2.51. The number of carbonyl (C=O) groups is 2. The fourth-order valence-electron chi connectivity index (χ4n) is 3.16. The van der Waals surface area contributed by atoms with Gasteiger partial charge in [-0.05, 0) is 23.5 Å². The largest absolute Gasteiger partial charge is 0.372 e. The van der Waals surface area contributed by atoms with Crippen molar-refractivity contribution < 1.29 is 14.7 Å². The van der Waals surface area contributed by atoms with E-state index in [1.165, 1.54) is 0 Å². The molecule has 2 aromatic rings. The van der Waals surface area contributed by atoms with Gasteiger partial charge in [-0.25, -0.2) is 0 Å². The van der Waals surface area contributed by atoms with E-state index in [0.29, 0.717) is 6.42 Å². The zero-order chi connectivity index (χ0) is 21.4. The summed E-state index contributed by atoms with van der Waals surface area (Å²) >= 11 is 0. The van der Waals surface area contributed by atoms with Gasteiger partial charge in [-0.2, -0.15) is 0 Å². The molecule has 0 heterocycles. The van der Waals surface area contributed by atoms with E-state index in [1.807, 2.05) is 74.5 Å². The number of amides is 1. The van der Waals surface area contributed by atoms with Gasteiger partial charge in [0.15, 0.2) is 5.78 Å². The molecule has 4 atom stereocenters. The molecule has 2 rings (SSSR count). The van der Waals surface area contributed by atoms with Crippen LogP contribution in [0.25, 0.3) is 0 Å². The molecule has 0 fully saturated rings. The second-order valence-corrected chi connectivity index (χ2v) is 7.51. The maximum absolute atomic E-state index is 13.1. The van der Waals surface area contributed by atoms with Crippen LogP contribution in [0.1, 0.15) is 31.4 Å². The van der Waals surface area contributed by atoms with Crippen LogP contribution in [-0.2, 0) is 22.6 Å². The molecule has 1 amide bonds. The first-order chi connectivity index (χ1) is 13.8. The van der Waals surface area contributed by atoms with Crippen LogP contribution in [0, 0.1) is 5.92 Å². The molecule has 0 saturated carbocycles. The van der Waals surface area contributed by atoms with Gasteiger partial charge < -0.3 is 21.9 Å². The molecule has 29 heavy (non-hydrogen) atoms. The minimum atomic E-state index is -2.42. The minimum Gasteiger partial charge on any atom is -0.372 e. The number of hydrogen-bond donors (Lipinski definition) is 4. The summed E-state index contributed by atoms with van der Waals surface area (Å²) < 4.78 is 0. The Morgan fingerprint density at radius 3 is 2.03 bits per heavy atom. The molecule has 0 aliphatic heterocycles. The molecule has 0 radical (unpaired) electrons. The second kappa shape index (κ2) is 10.3. The third-order valence-electron chi connectivity index (χ3n) is 5.41. The molecule has 0 saturated heterocycles. The van der Waals surface area contributed by atoms with Gasteiger partial charge in [0, 0.05) is 6.54 Å². The molecule has 6 heteroatoms. The number of carbonyl (C=O) groups excluding carboxylic acids is 2. The average Bonchev–Trinajstić information content (AvgIpc) is 2.76. The van der Waals surface area contributed by atoms with Gasteiger partial charge in [-0.3, -0.25) is 9.59 Å². The average molecular weight is 398 g/mol. The Kier molecular flexibility index (Phi) is 8.08. The molecule has 0 aliphatic rings. The van der Waals surface area contributed by atoms with Crippen molar-refractivity contribution in [2.75, 3.05) is 0 Å². The maximum atomic E-state index is 13.1. The summed E-state index contributed by atoms with van der Waals surface area (Å²) in [4.78, 5) is 26.1. The van der Waals surface area contributed by atoms with Crippen LogP contribution in [0.5, 0.6) is 0 Å². The van der Waals surface area contributed by atoms with Gasteiger partial charge in [-0.1, -0.05) is 80.9 Å². The first kappa shape index (κ1) is 22.7. The van der Waals surface area contributed by atoms with E-state index in [9.17, 15) is 14.7 Å². The van der Waals surface area contributed by atoms with E-state index in [-0.39, 0.29) is 18.9 Å². The van der Waals surface area contributed by atoms with E-state index in [2.05, 4.69) is 5.32 Å². The van der Waals surface area contributed by atoms with Crippen molar-refractivity contribution in [1.29, 1.82) is 0 Å². The summed E-state index contributed by atoms with van der Waals surface area (Å²) in [6.07, 6.45) is 0.803. The highest BCUT2D eigenvalue weighted by Crippen LogP contribution is 2.21. The number of Topliss-reactive ketones (excluding diaryl/α,β-unsaturated/α-hetero) is 1. The lowest BCUT2D eigenvalue weighted by atomic mass is 9.79. The summed E-state index contributed by atoms with van der Waals surface area (Å²) in [7, 11) is 0. The molecule has 0 spiro atoms. The van der Waals surface area contributed by atoms with Gasteiger partial charge in [0.05, 0.1) is 12.1 Å². The number of hydrogen-bond acceptors (Lipinski definition) is 5. The third-order valence-corrected chi connectivity index (χ3v) is 5.41. The number of nitrogens with two attached hydrogens (primary N) is 2. The summed E-state index contributed by atoms with van der Waals surface area (Å²) in [6.45, 7) is 3.88. The van der Waals surface area contributed by atoms with E-state index in [0.717, 1.165) is 11.1 Å².